The van der Waals surface area contributed by atoms with E-state index in [1.54, 1.807) is 6.07 Å². The van der Waals surface area contributed by atoms with Crippen molar-refractivity contribution in [2.75, 3.05) is 5.32 Å². The molecule has 1 heterocycles. The molecule has 18 heavy (non-hydrogen) atoms. The van der Waals surface area contributed by atoms with E-state index in [1.165, 1.54) is 0 Å². The fourth-order valence-electron chi connectivity index (χ4n) is 1.79. The molecule has 90 valence electrons. The summed E-state index contributed by atoms with van der Waals surface area (Å²) < 4.78 is 0. The molecule has 0 radical (unpaired) electrons. The number of hydrogen-bond acceptors (Lipinski definition) is 3. The maximum absolute atomic E-state index is 9.17. The predicted octanol–water partition coefficient (Wildman–Crippen LogP) is 3.97. The molecule has 0 bridgehead atoms. The second kappa shape index (κ2) is 5.07. The third-order valence-electron chi connectivity index (χ3n) is 2.54. The number of pyridine rings is 1. The van der Waals surface area contributed by atoms with E-state index in [1.807, 2.05) is 38.1 Å². The molecule has 1 N–H and O–H groups in total. The molecule has 0 saturated carbocycles. The van der Waals surface area contributed by atoms with Crippen LogP contribution in [0, 0.1) is 25.2 Å². The molecule has 0 unspecified atom stereocenters. The number of aromatic nitrogens is 1. The minimum atomic E-state index is 0.556. The molecular weight excluding hydrogens is 246 g/mol. The summed E-state index contributed by atoms with van der Waals surface area (Å²) in [6.45, 7) is 3.73. The smallest absolute Gasteiger partial charge is 0.103 e. The van der Waals surface area contributed by atoms with Crippen molar-refractivity contribution in [2.45, 2.75) is 13.8 Å². The summed E-state index contributed by atoms with van der Waals surface area (Å²) in [5, 5.41) is 13.0. The highest BCUT2D eigenvalue weighted by Gasteiger charge is 2.08. The lowest BCUT2D eigenvalue weighted by molar-refractivity contribution is 1.11. The molecule has 2 rings (SSSR count). The van der Waals surface area contributed by atoms with Crippen molar-refractivity contribution in [2.24, 2.45) is 0 Å². The third kappa shape index (κ3) is 2.61. The maximum atomic E-state index is 9.17. The number of anilines is 2. The van der Waals surface area contributed by atoms with Crippen LogP contribution >= 0.6 is 11.6 Å². The van der Waals surface area contributed by atoms with Crippen molar-refractivity contribution < 1.29 is 0 Å². The molecule has 1 aromatic carbocycles. The molecule has 4 heteroatoms. The van der Waals surface area contributed by atoms with E-state index in [9.17, 15) is 0 Å². The summed E-state index contributed by atoms with van der Waals surface area (Å²) >= 11 is 5.93. The van der Waals surface area contributed by atoms with Gasteiger partial charge in [0.1, 0.15) is 6.07 Å². The zero-order valence-corrected chi connectivity index (χ0v) is 10.9. The van der Waals surface area contributed by atoms with Crippen molar-refractivity contribution in [3.05, 3.63) is 52.3 Å². The van der Waals surface area contributed by atoms with E-state index in [0.29, 0.717) is 10.6 Å². The summed E-state index contributed by atoms with van der Waals surface area (Å²) in [5.41, 5.74) is 3.76. The quantitative estimate of drug-likeness (QED) is 0.886. The Balaban J connectivity index is 2.43. The van der Waals surface area contributed by atoms with Crippen molar-refractivity contribution in [3.63, 3.8) is 0 Å². The maximum Gasteiger partial charge on any atom is 0.103 e. The topological polar surface area (TPSA) is 48.7 Å². The fourth-order valence-corrected chi connectivity index (χ4v) is 1.98. The second-order valence-electron chi connectivity index (χ2n) is 4.02. The van der Waals surface area contributed by atoms with Gasteiger partial charge in [0.15, 0.2) is 0 Å². The molecule has 0 fully saturated rings. The Bertz CT molecular complexity index is 629. The Hall–Kier alpha value is -2.05. The number of benzene rings is 1. The normalized spacial score (nSPS) is 9.89. The number of aryl methyl sites for hydroxylation is 2. The van der Waals surface area contributed by atoms with Crippen LogP contribution in [0.4, 0.5) is 11.4 Å². The molecule has 2 aromatic rings. The summed E-state index contributed by atoms with van der Waals surface area (Å²) in [6, 6.07) is 11.4. The predicted molar refractivity (Wildman–Crippen MR) is 73.2 cm³/mol. The average Bonchev–Trinajstić information content (AvgIpc) is 2.28. The van der Waals surface area contributed by atoms with Crippen LogP contribution in [0.3, 0.4) is 0 Å². The number of nitrogens with one attached hydrogen (secondary N) is 1. The van der Waals surface area contributed by atoms with E-state index >= 15 is 0 Å². The van der Waals surface area contributed by atoms with Crippen LogP contribution in [0.15, 0.2) is 30.3 Å². The summed E-state index contributed by atoms with van der Waals surface area (Å²) in [7, 11) is 0. The zero-order valence-electron chi connectivity index (χ0n) is 10.2. The second-order valence-corrected chi connectivity index (χ2v) is 4.46. The highest BCUT2D eigenvalue weighted by atomic mass is 35.5. The van der Waals surface area contributed by atoms with Crippen molar-refractivity contribution in [1.29, 1.82) is 5.26 Å². The molecule has 0 atom stereocenters. The Kier molecular flexibility index (Phi) is 3.50. The van der Waals surface area contributed by atoms with Crippen molar-refractivity contribution in [1.82, 2.24) is 4.98 Å². The standard InChI is InChI=1S/C14H12ClN3/c1-9-6-14(13(8-16)10(2)17-9)18-12-5-3-4-11(15)7-12/h3-7H,1-2H3,(H,17,18). The lowest BCUT2D eigenvalue weighted by atomic mass is 10.1. The van der Waals surface area contributed by atoms with Gasteiger partial charge in [-0.3, -0.25) is 4.98 Å². The summed E-state index contributed by atoms with van der Waals surface area (Å²) in [5.74, 6) is 0. The van der Waals surface area contributed by atoms with Crippen LogP contribution in [0.25, 0.3) is 0 Å². The molecule has 1 aromatic heterocycles. The number of nitrogens with zero attached hydrogens (tertiary/aromatic N) is 2. The largest absolute Gasteiger partial charge is 0.354 e. The lowest BCUT2D eigenvalue weighted by Gasteiger charge is -2.11. The minimum absolute atomic E-state index is 0.556. The molecule has 0 aliphatic rings. The van der Waals surface area contributed by atoms with Gasteiger partial charge in [-0.1, -0.05) is 17.7 Å². The van der Waals surface area contributed by atoms with E-state index in [4.69, 9.17) is 16.9 Å². The van der Waals surface area contributed by atoms with Crippen LogP contribution in [-0.2, 0) is 0 Å². The molecule has 0 saturated heterocycles. The first-order valence-corrected chi connectivity index (χ1v) is 5.89. The zero-order chi connectivity index (χ0) is 13.1. The summed E-state index contributed by atoms with van der Waals surface area (Å²) in [4.78, 5) is 4.28. The minimum Gasteiger partial charge on any atom is -0.354 e. The fraction of sp³-hybridized carbons (Fsp3) is 0.143. The first kappa shape index (κ1) is 12.4. The molecular formula is C14H12ClN3. The van der Waals surface area contributed by atoms with E-state index in [-0.39, 0.29) is 0 Å². The van der Waals surface area contributed by atoms with E-state index < -0.39 is 0 Å². The monoisotopic (exact) mass is 257 g/mol. The van der Waals surface area contributed by atoms with Crippen LogP contribution in [0.1, 0.15) is 17.0 Å². The van der Waals surface area contributed by atoms with Gasteiger partial charge in [0.05, 0.1) is 16.9 Å². The molecule has 3 nitrogen and oxygen atoms in total. The van der Waals surface area contributed by atoms with Crippen LogP contribution in [0.2, 0.25) is 5.02 Å². The Morgan fingerprint density at radius 3 is 2.72 bits per heavy atom. The SMILES string of the molecule is Cc1cc(Nc2cccc(Cl)c2)c(C#N)c(C)n1. The molecule has 0 spiro atoms. The van der Waals surface area contributed by atoms with Gasteiger partial charge in [0.2, 0.25) is 0 Å². The van der Waals surface area contributed by atoms with Gasteiger partial charge in [-0.15, -0.1) is 0 Å². The van der Waals surface area contributed by atoms with Gasteiger partial charge in [0, 0.05) is 16.4 Å². The number of nitriles is 1. The Labute approximate surface area is 111 Å². The van der Waals surface area contributed by atoms with Crippen LogP contribution in [-0.4, -0.2) is 4.98 Å². The van der Waals surface area contributed by atoms with Gasteiger partial charge < -0.3 is 5.32 Å². The lowest BCUT2D eigenvalue weighted by Crippen LogP contribution is -1.99. The highest BCUT2D eigenvalue weighted by molar-refractivity contribution is 6.30. The van der Waals surface area contributed by atoms with Crippen LogP contribution in [0.5, 0.6) is 0 Å². The first-order chi connectivity index (χ1) is 8.60. The summed E-state index contributed by atoms with van der Waals surface area (Å²) in [6.07, 6.45) is 0. The highest BCUT2D eigenvalue weighted by Crippen LogP contribution is 2.24. The number of rotatable bonds is 2. The van der Waals surface area contributed by atoms with Gasteiger partial charge in [0.25, 0.3) is 0 Å². The van der Waals surface area contributed by atoms with Crippen molar-refractivity contribution in [3.8, 4) is 6.07 Å². The van der Waals surface area contributed by atoms with Crippen LogP contribution < -0.4 is 5.32 Å². The van der Waals surface area contributed by atoms with Crippen molar-refractivity contribution >= 4 is 23.0 Å². The molecule has 0 aliphatic heterocycles. The number of hydrogen-bond donors (Lipinski definition) is 1. The molecule has 0 aliphatic carbocycles. The van der Waals surface area contributed by atoms with E-state index in [0.717, 1.165) is 22.8 Å². The molecule has 0 amide bonds. The van der Waals surface area contributed by atoms with Gasteiger partial charge in [-0.2, -0.15) is 5.26 Å². The third-order valence-corrected chi connectivity index (χ3v) is 2.78. The average molecular weight is 258 g/mol. The van der Waals surface area contributed by atoms with Gasteiger partial charge >= 0.3 is 0 Å². The van der Waals surface area contributed by atoms with E-state index in [2.05, 4.69) is 16.4 Å². The Morgan fingerprint density at radius 1 is 1.28 bits per heavy atom. The Morgan fingerprint density at radius 2 is 2.06 bits per heavy atom. The van der Waals surface area contributed by atoms with Gasteiger partial charge in [-0.05, 0) is 38.1 Å². The number of halogens is 1. The first-order valence-electron chi connectivity index (χ1n) is 5.51. The van der Waals surface area contributed by atoms with Gasteiger partial charge in [-0.25, -0.2) is 0 Å².